The molecule has 0 aromatic heterocycles. The lowest BCUT2D eigenvalue weighted by molar-refractivity contribution is -0.131. The second kappa shape index (κ2) is 8.26. The van der Waals surface area contributed by atoms with Crippen molar-refractivity contribution in [3.63, 3.8) is 0 Å². The van der Waals surface area contributed by atoms with Crippen LogP contribution in [-0.2, 0) is 4.79 Å². The lowest BCUT2D eigenvalue weighted by Gasteiger charge is -2.19. The second-order valence-corrected chi connectivity index (χ2v) is 3.90. The van der Waals surface area contributed by atoms with E-state index >= 15 is 0 Å². The van der Waals surface area contributed by atoms with Crippen molar-refractivity contribution in [2.24, 2.45) is 0 Å². The quantitative estimate of drug-likeness (QED) is 0.728. The van der Waals surface area contributed by atoms with E-state index in [0.29, 0.717) is 12.3 Å². The van der Waals surface area contributed by atoms with E-state index in [1.807, 2.05) is 0 Å². The minimum absolute atomic E-state index is 0.0849. The number of amides is 1. The molecule has 0 atom stereocenters. The summed E-state index contributed by atoms with van der Waals surface area (Å²) < 4.78 is 18.0. The summed E-state index contributed by atoms with van der Waals surface area (Å²) in [6.45, 7) is 4.36. The van der Waals surface area contributed by atoms with Gasteiger partial charge in [0.25, 0.3) is 0 Å². The molecule has 0 spiro atoms. The van der Waals surface area contributed by atoms with Gasteiger partial charge in [0.05, 0.1) is 19.6 Å². The van der Waals surface area contributed by atoms with E-state index in [0.717, 1.165) is 0 Å². The fourth-order valence-corrected chi connectivity index (χ4v) is 1.54. The van der Waals surface area contributed by atoms with Crippen LogP contribution in [0.3, 0.4) is 0 Å². The number of nitrogens with zero attached hydrogens (tertiary/aromatic N) is 1. The lowest BCUT2D eigenvalue weighted by atomic mass is 10.3. The zero-order valence-corrected chi connectivity index (χ0v) is 10.7. The highest BCUT2D eigenvalue weighted by Crippen LogP contribution is 2.11. The van der Waals surface area contributed by atoms with Gasteiger partial charge in [-0.15, -0.1) is 6.58 Å². The third-order valence-electron chi connectivity index (χ3n) is 2.47. The number of aliphatic hydroxyl groups excluding tert-OH is 1. The Morgan fingerprint density at radius 3 is 2.68 bits per heavy atom. The smallest absolute Gasteiger partial charge is 0.226 e. The van der Waals surface area contributed by atoms with Gasteiger partial charge in [-0.25, -0.2) is 4.39 Å². The SMILES string of the molecule is C=CCN(CCO)C(=O)CCOc1ccc(F)cc1. The molecule has 1 aromatic rings. The first-order valence-corrected chi connectivity index (χ1v) is 6.05. The van der Waals surface area contributed by atoms with Crippen molar-refractivity contribution in [2.75, 3.05) is 26.3 Å². The van der Waals surface area contributed by atoms with Gasteiger partial charge in [0.1, 0.15) is 11.6 Å². The molecule has 104 valence electrons. The molecule has 0 aliphatic carbocycles. The molecule has 19 heavy (non-hydrogen) atoms. The molecule has 0 aliphatic heterocycles. The predicted molar refractivity (Wildman–Crippen MR) is 70.4 cm³/mol. The lowest BCUT2D eigenvalue weighted by Crippen LogP contribution is -2.34. The van der Waals surface area contributed by atoms with Crippen molar-refractivity contribution in [1.82, 2.24) is 4.90 Å². The highest BCUT2D eigenvalue weighted by atomic mass is 19.1. The van der Waals surface area contributed by atoms with E-state index < -0.39 is 0 Å². The van der Waals surface area contributed by atoms with Crippen LogP contribution < -0.4 is 4.74 Å². The maximum absolute atomic E-state index is 12.7. The summed E-state index contributed by atoms with van der Waals surface area (Å²) in [7, 11) is 0. The molecule has 0 aliphatic rings. The van der Waals surface area contributed by atoms with Gasteiger partial charge in [-0.05, 0) is 24.3 Å². The first-order chi connectivity index (χ1) is 9.17. The van der Waals surface area contributed by atoms with E-state index in [1.165, 1.54) is 29.2 Å². The first kappa shape index (κ1) is 15.2. The van der Waals surface area contributed by atoms with Gasteiger partial charge >= 0.3 is 0 Å². The van der Waals surface area contributed by atoms with E-state index in [4.69, 9.17) is 9.84 Å². The molecule has 1 amide bonds. The maximum atomic E-state index is 12.7. The van der Waals surface area contributed by atoms with Crippen LogP contribution in [0.15, 0.2) is 36.9 Å². The molecule has 0 bridgehead atoms. The van der Waals surface area contributed by atoms with E-state index in [1.54, 1.807) is 6.08 Å². The van der Waals surface area contributed by atoms with Crippen LogP contribution in [0, 0.1) is 5.82 Å². The van der Waals surface area contributed by atoms with E-state index in [2.05, 4.69) is 6.58 Å². The van der Waals surface area contributed by atoms with Crippen molar-refractivity contribution in [3.05, 3.63) is 42.7 Å². The van der Waals surface area contributed by atoms with Gasteiger partial charge in [0, 0.05) is 13.1 Å². The highest BCUT2D eigenvalue weighted by Gasteiger charge is 2.11. The molecule has 0 unspecified atom stereocenters. The van der Waals surface area contributed by atoms with E-state index in [9.17, 15) is 9.18 Å². The van der Waals surface area contributed by atoms with Crippen molar-refractivity contribution >= 4 is 5.91 Å². The minimum atomic E-state index is -0.330. The summed E-state index contributed by atoms with van der Waals surface area (Å²) in [5, 5.41) is 8.85. The van der Waals surface area contributed by atoms with Crippen LogP contribution >= 0.6 is 0 Å². The number of aliphatic hydroxyl groups is 1. The Kier molecular flexibility index (Phi) is 6.60. The number of carbonyl (C=O) groups is 1. The van der Waals surface area contributed by atoms with Gasteiger partial charge in [-0.1, -0.05) is 6.08 Å². The number of hydrogen-bond acceptors (Lipinski definition) is 3. The Bertz CT molecular complexity index is 406. The Balaban J connectivity index is 2.36. The maximum Gasteiger partial charge on any atom is 0.226 e. The van der Waals surface area contributed by atoms with E-state index in [-0.39, 0.29) is 37.9 Å². The zero-order chi connectivity index (χ0) is 14.1. The van der Waals surface area contributed by atoms with Gasteiger partial charge < -0.3 is 14.7 Å². The Morgan fingerprint density at radius 1 is 1.42 bits per heavy atom. The number of rotatable bonds is 8. The normalized spacial score (nSPS) is 10.0. The monoisotopic (exact) mass is 267 g/mol. The summed E-state index contributed by atoms with van der Waals surface area (Å²) in [6.07, 6.45) is 1.81. The molecule has 1 aromatic carbocycles. The van der Waals surface area contributed by atoms with Crippen LogP contribution in [0.2, 0.25) is 0 Å². The molecule has 4 nitrogen and oxygen atoms in total. The average Bonchev–Trinajstić information content (AvgIpc) is 2.40. The van der Waals surface area contributed by atoms with Crippen molar-refractivity contribution in [2.45, 2.75) is 6.42 Å². The molecular weight excluding hydrogens is 249 g/mol. The fraction of sp³-hybridized carbons (Fsp3) is 0.357. The number of ether oxygens (including phenoxy) is 1. The highest BCUT2D eigenvalue weighted by molar-refractivity contribution is 5.76. The molecule has 0 heterocycles. The molecule has 0 fully saturated rings. The van der Waals surface area contributed by atoms with Gasteiger partial charge in [-0.2, -0.15) is 0 Å². The summed E-state index contributed by atoms with van der Waals surface area (Å²) >= 11 is 0. The largest absolute Gasteiger partial charge is 0.493 e. The van der Waals surface area contributed by atoms with Gasteiger partial charge in [-0.3, -0.25) is 4.79 Å². The molecule has 0 saturated heterocycles. The number of benzene rings is 1. The standard InChI is InChI=1S/C14H18FNO3/c1-2-8-16(9-10-17)14(18)7-11-19-13-5-3-12(15)4-6-13/h2-6,17H,1,7-11H2. The van der Waals surface area contributed by atoms with Crippen LogP contribution in [0.25, 0.3) is 0 Å². The van der Waals surface area contributed by atoms with Crippen LogP contribution in [0.4, 0.5) is 4.39 Å². The zero-order valence-electron chi connectivity index (χ0n) is 10.7. The summed E-state index contributed by atoms with van der Waals surface area (Å²) in [4.78, 5) is 13.3. The van der Waals surface area contributed by atoms with Crippen molar-refractivity contribution < 1.29 is 19.0 Å². The summed E-state index contributed by atoms with van der Waals surface area (Å²) in [6, 6.07) is 5.62. The number of hydrogen-bond donors (Lipinski definition) is 1. The first-order valence-electron chi connectivity index (χ1n) is 6.05. The molecule has 1 rings (SSSR count). The molecule has 5 heteroatoms. The van der Waals surface area contributed by atoms with Crippen LogP contribution in [-0.4, -0.2) is 42.2 Å². The molecular formula is C14H18FNO3. The Hall–Kier alpha value is -1.88. The predicted octanol–water partition coefficient (Wildman–Crippen LogP) is 1.60. The van der Waals surface area contributed by atoms with Gasteiger partial charge in [0.15, 0.2) is 0 Å². The third kappa shape index (κ3) is 5.52. The minimum Gasteiger partial charge on any atom is -0.493 e. The molecule has 0 radical (unpaired) electrons. The topological polar surface area (TPSA) is 49.8 Å². The van der Waals surface area contributed by atoms with Crippen molar-refractivity contribution in [3.8, 4) is 5.75 Å². The second-order valence-electron chi connectivity index (χ2n) is 3.90. The molecule has 1 N–H and O–H groups in total. The fourth-order valence-electron chi connectivity index (χ4n) is 1.54. The van der Waals surface area contributed by atoms with Crippen LogP contribution in [0.5, 0.6) is 5.75 Å². The Labute approximate surface area is 112 Å². The number of halogens is 1. The summed E-state index contributed by atoms with van der Waals surface area (Å²) in [5.74, 6) is 0.0752. The molecule has 0 saturated carbocycles. The van der Waals surface area contributed by atoms with Gasteiger partial charge in [0.2, 0.25) is 5.91 Å². The Morgan fingerprint density at radius 2 is 2.11 bits per heavy atom. The van der Waals surface area contributed by atoms with Crippen LogP contribution in [0.1, 0.15) is 6.42 Å². The average molecular weight is 267 g/mol. The third-order valence-corrected chi connectivity index (χ3v) is 2.47. The van der Waals surface area contributed by atoms with Crippen molar-refractivity contribution in [1.29, 1.82) is 0 Å². The number of carbonyl (C=O) groups excluding carboxylic acids is 1. The summed E-state index contributed by atoms with van der Waals surface area (Å²) in [5.41, 5.74) is 0.